The molecule has 2 amide bonds. The minimum Gasteiger partial charge on any atom is -0.497 e. The van der Waals surface area contributed by atoms with Crippen molar-refractivity contribution in [3.8, 4) is 5.75 Å². The van der Waals surface area contributed by atoms with Crippen LogP contribution in [0, 0.1) is 5.82 Å². The molecule has 0 fully saturated rings. The molecule has 0 spiro atoms. The zero-order valence-electron chi connectivity index (χ0n) is 17.9. The molecule has 3 rings (SSSR count). The lowest BCUT2D eigenvalue weighted by molar-refractivity contribution is -0.120. The second-order valence-corrected chi connectivity index (χ2v) is 7.19. The molecular weight excluding hydrogens is 407 g/mol. The zero-order chi connectivity index (χ0) is 22.9. The van der Waals surface area contributed by atoms with Crippen LogP contribution in [0.2, 0.25) is 0 Å². The fraction of sp³-hybridized carbons (Fsp3) is 0.154. The molecule has 1 N–H and O–H groups in total. The lowest BCUT2D eigenvalue weighted by Crippen LogP contribution is -2.30. The Morgan fingerprint density at radius 3 is 2.47 bits per heavy atom. The van der Waals surface area contributed by atoms with Gasteiger partial charge in [-0.05, 0) is 53.6 Å². The second kappa shape index (κ2) is 10.9. The van der Waals surface area contributed by atoms with Gasteiger partial charge in [-0.2, -0.15) is 0 Å². The van der Waals surface area contributed by atoms with Crippen molar-refractivity contribution in [2.45, 2.75) is 13.0 Å². The van der Waals surface area contributed by atoms with Crippen molar-refractivity contribution in [3.05, 3.63) is 108 Å². The standard InChI is InChI=1S/C26H25FN2O3/c1-3-14-28-25(30)16-19-10-12-23(13-11-19)29(18-20-6-4-8-22(27)15-20)26(31)21-7-5-9-24(17-21)32-2/h3-13,15,17H,1,14,16,18H2,2H3,(H,28,30). The average Bonchev–Trinajstić information content (AvgIpc) is 2.81. The fourth-order valence-corrected chi connectivity index (χ4v) is 3.24. The normalized spacial score (nSPS) is 10.3. The Kier molecular flexibility index (Phi) is 7.75. The van der Waals surface area contributed by atoms with E-state index in [1.54, 1.807) is 71.6 Å². The molecule has 0 bridgehead atoms. The minimum absolute atomic E-state index is 0.110. The number of benzene rings is 3. The van der Waals surface area contributed by atoms with Crippen LogP contribution in [0.4, 0.5) is 10.1 Å². The van der Waals surface area contributed by atoms with Gasteiger partial charge in [-0.3, -0.25) is 9.59 Å². The van der Waals surface area contributed by atoms with Crippen LogP contribution >= 0.6 is 0 Å². The predicted molar refractivity (Wildman–Crippen MR) is 123 cm³/mol. The van der Waals surface area contributed by atoms with Crippen molar-refractivity contribution in [3.63, 3.8) is 0 Å². The third-order valence-corrected chi connectivity index (χ3v) is 4.85. The summed E-state index contributed by atoms with van der Waals surface area (Å²) in [5, 5.41) is 2.74. The van der Waals surface area contributed by atoms with Crippen LogP contribution in [0.25, 0.3) is 0 Å². The molecular formula is C26H25FN2O3. The van der Waals surface area contributed by atoms with Crippen molar-refractivity contribution in [2.75, 3.05) is 18.6 Å². The summed E-state index contributed by atoms with van der Waals surface area (Å²) in [4.78, 5) is 26.9. The molecule has 3 aromatic rings. The third kappa shape index (κ3) is 6.04. The Labute approximate surface area is 187 Å². The highest BCUT2D eigenvalue weighted by molar-refractivity contribution is 6.06. The molecule has 0 aliphatic heterocycles. The first-order chi connectivity index (χ1) is 15.5. The summed E-state index contributed by atoms with van der Waals surface area (Å²) in [5.41, 5.74) is 2.56. The van der Waals surface area contributed by atoms with Gasteiger partial charge in [0.2, 0.25) is 5.91 Å². The van der Waals surface area contributed by atoms with Crippen LogP contribution in [0.5, 0.6) is 5.75 Å². The Morgan fingerprint density at radius 2 is 1.78 bits per heavy atom. The van der Waals surface area contributed by atoms with E-state index in [-0.39, 0.29) is 30.6 Å². The van der Waals surface area contributed by atoms with Crippen molar-refractivity contribution < 1.29 is 18.7 Å². The van der Waals surface area contributed by atoms with Gasteiger partial charge in [0.1, 0.15) is 11.6 Å². The summed E-state index contributed by atoms with van der Waals surface area (Å²) in [6.07, 6.45) is 1.84. The first-order valence-corrected chi connectivity index (χ1v) is 10.2. The van der Waals surface area contributed by atoms with Crippen molar-refractivity contribution >= 4 is 17.5 Å². The van der Waals surface area contributed by atoms with Gasteiger partial charge in [-0.1, -0.05) is 36.4 Å². The summed E-state index contributed by atoms with van der Waals surface area (Å²) in [5.74, 6) is -0.147. The van der Waals surface area contributed by atoms with E-state index in [0.29, 0.717) is 29.1 Å². The second-order valence-electron chi connectivity index (χ2n) is 7.19. The molecule has 164 valence electrons. The number of hydrogen-bond donors (Lipinski definition) is 1. The largest absolute Gasteiger partial charge is 0.497 e. The molecule has 6 heteroatoms. The number of rotatable bonds is 9. The lowest BCUT2D eigenvalue weighted by atomic mass is 10.1. The van der Waals surface area contributed by atoms with Gasteiger partial charge in [-0.15, -0.1) is 6.58 Å². The molecule has 0 radical (unpaired) electrons. The first kappa shape index (κ1) is 22.7. The highest BCUT2D eigenvalue weighted by Gasteiger charge is 2.19. The first-order valence-electron chi connectivity index (χ1n) is 10.2. The van der Waals surface area contributed by atoms with Crippen LogP contribution in [-0.4, -0.2) is 25.5 Å². The van der Waals surface area contributed by atoms with E-state index < -0.39 is 0 Å². The Balaban J connectivity index is 1.88. The van der Waals surface area contributed by atoms with Gasteiger partial charge >= 0.3 is 0 Å². The highest BCUT2D eigenvalue weighted by Crippen LogP contribution is 2.23. The Bertz CT molecular complexity index is 1100. The number of methoxy groups -OCH3 is 1. The fourth-order valence-electron chi connectivity index (χ4n) is 3.24. The molecule has 0 heterocycles. The van der Waals surface area contributed by atoms with Crippen LogP contribution in [0.3, 0.4) is 0 Å². The zero-order valence-corrected chi connectivity index (χ0v) is 17.9. The van der Waals surface area contributed by atoms with Crippen LogP contribution in [-0.2, 0) is 17.8 Å². The van der Waals surface area contributed by atoms with Gasteiger partial charge in [0.05, 0.1) is 20.1 Å². The number of halogens is 1. The smallest absolute Gasteiger partial charge is 0.258 e. The number of nitrogens with zero attached hydrogens (tertiary/aromatic N) is 1. The van der Waals surface area contributed by atoms with Gasteiger partial charge in [0, 0.05) is 17.8 Å². The molecule has 0 saturated carbocycles. The highest BCUT2D eigenvalue weighted by atomic mass is 19.1. The van der Waals surface area contributed by atoms with Crippen LogP contribution in [0.15, 0.2) is 85.5 Å². The van der Waals surface area contributed by atoms with Gasteiger partial charge in [0.15, 0.2) is 0 Å². The molecule has 0 aliphatic rings. The summed E-state index contributed by atoms with van der Waals surface area (Å²) >= 11 is 0. The number of ether oxygens (including phenoxy) is 1. The molecule has 5 nitrogen and oxygen atoms in total. The monoisotopic (exact) mass is 432 g/mol. The SMILES string of the molecule is C=CCNC(=O)Cc1ccc(N(Cc2cccc(F)c2)C(=O)c2cccc(OC)c2)cc1. The van der Waals surface area contributed by atoms with Crippen LogP contribution in [0.1, 0.15) is 21.5 Å². The maximum atomic E-state index is 13.7. The third-order valence-electron chi connectivity index (χ3n) is 4.85. The molecule has 32 heavy (non-hydrogen) atoms. The van der Waals surface area contributed by atoms with E-state index in [4.69, 9.17) is 4.74 Å². The van der Waals surface area contributed by atoms with E-state index in [9.17, 15) is 14.0 Å². The maximum Gasteiger partial charge on any atom is 0.258 e. The van der Waals surface area contributed by atoms with Crippen molar-refractivity contribution in [2.24, 2.45) is 0 Å². The summed E-state index contributed by atoms with van der Waals surface area (Å²) in [7, 11) is 1.54. The number of amides is 2. The lowest BCUT2D eigenvalue weighted by Gasteiger charge is -2.24. The number of carbonyl (C=O) groups excluding carboxylic acids is 2. The number of hydrogen-bond acceptors (Lipinski definition) is 3. The van der Waals surface area contributed by atoms with E-state index in [1.807, 2.05) is 0 Å². The van der Waals surface area contributed by atoms with Gasteiger partial charge in [-0.25, -0.2) is 4.39 Å². The quantitative estimate of drug-likeness (QED) is 0.506. The summed E-state index contributed by atoms with van der Waals surface area (Å²) in [6.45, 7) is 4.18. The minimum atomic E-state index is -0.364. The molecule has 0 saturated heterocycles. The Morgan fingerprint density at radius 1 is 1.03 bits per heavy atom. The molecule has 0 aliphatic carbocycles. The maximum absolute atomic E-state index is 13.7. The average molecular weight is 432 g/mol. The molecule has 0 atom stereocenters. The van der Waals surface area contributed by atoms with Crippen molar-refractivity contribution in [1.29, 1.82) is 0 Å². The van der Waals surface area contributed by atoms with E-state index in [0.717, 1.165) is 5.56 Å². The molecule has 3 aromatic carbocycles. The van der Waals surface area contributed by atoms with Gasteiger partial charge in [0.25, 0.3) is 5.91 Å². The van der Waals surface area contributed by atoms with E-state index >= 15 is 0 Å². The topological polar surface area (TPSA) is 58.6 Å². The number of carbonyl (C=O) groups is 2. The Hall–Kier alpha value is -3.93. The number of anilines is 1. The van der Waals surface area contributed by atoms with E-state index in [2.05, 4.69) is 11.9 Å². The summed E-state index contributed by atoms with van der Waals surface area (Å²) < 4.78 is 19.0. The van der Waals surface area contributed by atoms with E-state index in [1.165, 1.54) is 19.2 Å². The van der Waals surface area contributed by atoms with Crippen LogP contribution < -0.4 is 15.0 Å². The van der Waals surface area contributed by atoms with Gasteiger partial charge < -0.3 is 15.0 Å². The predicted octanol–water partition coefficient (Wildman–Crippen LogP) is 4.53. The molecule has 0 aromatic heterocycles. The molecule has 0 unspecified atom stereocenters. The number of nitrogens with one attached hydrogen (secondary N) is 1. The summed E-state index contributed by atoms with van der Waals surface area (Å²) in [6, 6.07) is 20.2. The van der Waals surface area contributed by atoms with Crippen molar-refractivity contribution in [1.82, 2.24) is 5.32 Å².